The summed E-state index contributed by atoms with van der Waals surface area (Å²) in [5.41, 5.74) is 6.77. The lowest BCUT2D eigenvalue weighted by atomic mass is 10.1. The fraction of sp³-hybridized carbons (Fsp3) is 0.273. The van der Waals surface area contributed by atoms with E-state index < -0.39 is 0 Å². The predicted octanol–water partition coefficient (Wildman–Crippen LogP) is 0.341. The largest absolute Gasteiger partial charge is 0.335 e. The number of nitrogens with zero attached hydrogens (tertiary/aromatic N) is 2. The molecule has 1 fully saturated rings. The van der Waals surface area contributed by atoms with Crippen molar-refractivity contribution in [2.24, 2.45) is 5.73 Å². The quantitative estimate of drug-likeness (QED) is 0.712. The fourth-order valence-corrected chi connectivity index (χ4v) is 1.55. The molecule has 4 heteroatoms. The number of carbonyl (C=O) groups excluding carboxylic acids is 1. The summed E-state index contributed by atoms with van der Waals surface area (Å²) in [4.78, 5) is 13.5. The van der Waals surface area contributed by atoms with Crippen LogP contribution in [0.1, 0.15) is 15.9 Å². The minimum atomic E-state index is -0.0128. The van der Waals surface area contributed by atoms with Crippen molar-refractivity contribution in [1.82, 2.24) is 4.90 Å². The molecule has 0 bridgehead atoms. The van der Waals surface area contributed by atoms with Crippen LogP contribution in [-0.4, -0.2) is 29.9 Å². The average molecular weight is 201 g/mol. The Hall–Kier alpha value is -1.86. The molecule has 1 heterocycles. The Morgan fingerprint density at radius 2 is 2.00 bits per heavy atom. The molecule has 0 unspecified atom stereocenters. The Kier molecular flexibility index (Phi) is 2.40. The Labute approximate surface area is 87.9 Å². The Balaban J connectivity index is 2.10. The van der Waals surface area contributed by atoms with E-state index in [9.17, 15) is 4.79 Å². The van der Waals surface area contributed by atoms with Gasteiger partial charge in [0.2, 0.25) is 0 Å². The summed E-state index contributed by atoms with van der Waals surface area (Å²) in [5.74, 6) is -0.0128. The third-order valence-corrected chi connectivity index (χ3v) is 2.46. The maximum atomic E-state index is 11.8. The number of nitriles is 1. The molecule has 2 rings (SSSR count). The number of amides is 1. The van der Waals surface area contributed by atoms with E-state index in [-0.39, 0.29) is 11.9 Å². The molecule has 0 spiro atoms. The Bertz CT molecular complexity index is 412. The lowest BCUT2D eigenvalue weighted by molar-refractivity contribution is 0.0608. The maximum absolute atomic E-state index is 11.8. The fourth-order valence-electron chi connectivity index (χ4n) is 1.55. The third-order valence-electron chi connectivity index (χ3n) is 2.46. The summed E-state index contributed by atoms with van der Waals surface area (Å²) in [5, 5.41) is 8.61. The zero-order valence-electron chi connectivity index (χ0n) is 8.18. The number of carbonyl (C=O) groups is 1. The van der Waals surface area contributed by atoms with Gasteiger partial charge in [0.25, 0.3) is 5.91 Å². The summed E-state index contributed by atoms with van der Waals surface area (Å²) in [6.45, 7) is 1.25. The van der Waals surface area contributed by atoms with Crippen LogP contribution in [0, 0.1) is 11.3 Å². The highest BCUT2D eigenvalue weighted by molar-refractivity contribution is 5.94. The predicted molar refractivity (Wildman–Crippen MR) is 55.0 cm³/mol. The smallest absolute Gasteiger partial charge is 0.253 e. The van der Waals surface area contributed by atoms with Gasteiger partial charge in [-0.25, -0.2) is 0 Å². The van der Waals surface area contributed by atoms with Crippen LogP contribution in [0.25, 0.3) is 0 Å². The monoisotopic (exact) mass is 201 g/mol. The summed E-state index contributed by atoms with van der Waals surface area (Å²) < 4.78 is 0. The van der Waals surface area contributed by atoms with Crippen LogP contribution in [0.5, 0.6) is 0 Å². The van der Waals surface area contributed by atoms with E-state index in [1.165, 1.54) is 0 Å². The highest BCUT2D eigenvalue weighted by Gasteiger charge is 2.28. The van der Waals surface area contributed by atoms with Gasteiger partial charge in [-0.05, 0) is 24.3 Å². The lowest BCUT2D eigenvalue weighted by Gasteiger charge is -2.36. The molecule has 0 aromatic heterocycles. The van der Waals surface area contributed by atoms with Crippen molar-refractivity contribution < 1.29 is 4.79 Å². The molecule has 1 aromatic carbocycles. The zero-order chi connectivity index (χ0) is 10.8. The second kappa shape index (κ2) is 3.71. The van der Waals surface area contributed by atoms with Gasteiger partial charge in [0, 0.05) is 24.7 Å². The van der Waals surface area contributed by atoms with E-state index in [2.05, 4.69) is 0 Å². The molecule has 4 nitrogen and oxygen atoms in total. The molecule has 1 amide bonds. The van der Waals surface area contributed by atoms with Gasteiger partial charge in [-0.2, -0.15) is 5.26 Å². The van der Waals surface area contributed by atoms with Gasteiger partial charge in [-0.15, -0.1) is 0 Å². The van der Waals surface area contributed by atoms with Crippen LogP contribution < -0.4 is 5.73 Å². The molecular formula is C11H11N3O. The second-order valence-corrected chi connectivity index (χ2v) is 3.66. The first-order chi connectivity index (χ1) is 7.20. The standard InChI is InChI=1S/C11H11N3O/c12-5-8-1-3-9(4-2-8)11(15)14-6-10(13)7-14/h1-4,10H,6-7,13H2. The van der Waals surface area contributed by atoms with Gasteiger partial charge in [0.1, 0.15) is 0 Å². The van der Waals surface area contributed by atoms with Crippen LogP contribution in [0.2, 0.25) is 0 Å². The lowest BCUT2D eigenvalue weighted by Crippen LogP contribution is -2.57. The molecule has 1 aliphatic rings. The number of nitrogens with two attached hydrogens (primary N) is 1. The third kappa shape index (κ3) is 1.83. The number of rotatable bonds is 1. The van der Waals surface area contributed by atoms with Gasteiger partial charge in [0.15, 0.2) is 0 Å². The van der Waals surface area contributed by atoms with E-state index >= 15 is 0 Å². The maximum Gasteiger partial charge on any atom is 0.253 e. The first-order valence-corrected chi connectivity index (χ1v) is 4.75. The van der Waals surface area contributed by atoms with Crippen LogP contribution in [-0.2, 0) is 0 Å². The van der Waals surface area contributed by atoms with Gasteiger partial charge >= 0.3 is 0 Å². The van der Waals surface area contributed by atoms with E-state index in [0.717, 1.165) is 0 Å². The van der Waals surface area contributed by atoms with Crippen molar-refractivity contribution in [3.8, 4) is 6.07 Å². The molecule has 0 radical (unpaired) electrons. The number of likely N-dealkylation sites (tertiary alicyclic amines) is 1. The Morgan fingerprint density at radius 1 is 1.40 bits per heavy atom. The summed E-state index contributed by atoms with van der Waals surface area (Å²) in [7, 11) is 0. The molecule has 1 aliphatic heterocycles. The first-order valence-electron chi connectivity index (χ1n) is 4.75. The van der Waals surface area contributed by atoms with Crippen molar-refractivity contribution in [1.29, 1.82) is 5.26 Å². The molecule has 0 aliphatic carbocycles. The minimum absolute atomic E-state index is 0.0128. The summed E-state index contributed by atoms with van der Waals surface area (Å²) in [6.07, 6.45) is 0. The van der Waals surface area contributed by atoms with Crippen molar-refractivity contribution in [3.63, 3.8) is 0 Å². The van der Waals surface area contributed by atoms with Crippen LogP contribution >= 0.6 is 0 Å². The summed E-state index contributed by atoms with van der Waals surface area (Å²) in [6, 6.07) is 8.76. The number of hydrogen-bond acceptors (Lipinski definition) is 3. The second-order valence-electron chi connectivity index (χ2n) is 3.66. The summed E-state index contributed by atoms with van der Waals surface area (Å²) >= 11 is 0. The normalized spacial score (nSPS) is 15.6. The van der Waals surface area contributed by atoms with Gasteiger partial charge in [-0.3, -0.25) is 4.79 Å². The van der Waals surface area contributed by atoms with E-state index in [1.807, 2.05) is 6.07 Å². The zero-order valence-corrected chi connectivity index (χ0v) is 8.18. The van der Waals surface area contributed by atoms with Gasteiger partial charge in [0.05, 0.1) is 11.6 Å². The molecule has 0 saturated carbocycles. The number of hydrogen-bond donors (Lipinski definition) is 1. The highest BCUT2D eigenvalue weighted by atomic mass is 16.2. The van der Waals surface area contributed by atoms with Gasteiger partial charge in [-0.1, -0.05) is 0 Å². The molecule has 2 N–H and O–H groups in total. The molecule has 1 aromatic rings. The topological polar surface area (TPSA) is 70.1 Å². The van der Waals surface area contributed by atoms with Crippen molar-refractivity contribution in [2.75, 3.05) is 13.1 Å². The van der Waals surface area contributed by atoms with Crippen LogP contribution in [0.3, 0.4) is 0 Å². The number of benzene rings is 1. The molecule has 76 valence electrons. The van der Waals surface area contributed by atoms with Crippen LogP contribution in [0.4, 0.5) is 0 Å². The van der Waals surface area contributed by atoms with E-state index in [1.54, 1.807) is 29.2 Å². The highest BCUT2D eigenvalue weighted by Crippen LogP contribution is 2.12. The Morgan fingerprint density at radius 3 is 2.47 bits per heavy atom. The molecule has 1 saturated heterocycles. The van der Waals surface area contributed by atoms with E-state index in [0.29, 0.717) is 24.2 Å². The SMILES string of the molecule is N#Cc1ccc(C(=O)N2CC(N)C2)cc1. The molecular weight excluding hydrogens is 190 g/mol. The van der Waals surface area contributed by atoms with E-state index in [4.69, 9.17) is 11.0 Å². The minimum Gasteiger partial charge on any atom is -0.335 e. The molecule has 0 atom stereocenters. The molecule has 15 heavy (non-hydrogen) atoms. The first kappa shape index (κ1) is 9.69. The van der Waals surface area contributed by atoms with Crippen molar-refractivity contribution in [2.45, 2.75) is 6.04 Å². The van der Waals surface area contributed by atoms with Gasteiger partial charge < -0.3 is 10.6 Å². The van der Waals surface area contributed by atoms with Crippen molar-refractivity contribution >= 4 is 5.91 Å². The van der Waals surface area contributed by atoms with Crippen LogP contribution in [0.15, 0.2) is 24.3 Å². The average Bonchev–Trinajstić information content (AvgIpc) is 2.24. The van der Waals surface area contributed by atoms with Crippen molar-refractivity contribution in [3.05, 3.63) is 35.4 Å².